The quantitative estimate of drug-likeness (QED) is 0.823. The van der Waals surface area contributed by atoms with Crippen molar-refractivity contribution in [3.63, 3.8) is 0 Å². The number of carbonyl (C=O) groups excluding carboxylic acids is 1. The lowest BCUT2D eigenvalue weighted by atomic mass is 10.1. The third kappa shape index (κ3) is 6.05. The van der Waals surface area contributed by atoms with Gasteiger partial charge in [-0.25, -0.2) is 0 Å². The fraction of sp³-hybridized carbons (Fsp3) is 0.588. The molecule has 0 saturated carbocycles. The van der Waals surface area contributed by atoms with Gasteiger partial charge in [0, 0.05) is 44.8 Å². The molecular formula is C17H25F2N3O2. The van der Waals surface area contributed by atoms with E-state index in [9.17, 15) is 13.6 Å². The monoisotopic (exact) mass is 341 g/mol. The molecule has 1 aliphatic rings. The fourth-order valence-electron chi connectivity index (χ4n) is 2.69. The zero-order chi connectivity index (χ0) is 17.5. The summed E-state index contributed by atoms with van der Waals surface area (Å²) in [6.45, 7) is 5.05. The summed E-state index contributed by atoms with van der Waals surface area (Å²) in [4.78, 5) is 16.8. The first-order chi connectivity index (χ1) is 11.4. The van der Waals surface area contributed by atoms with Gasteiger partial charge in [0.15, 0.2) is 0 Å². The largest absolute Gasteiger partial charge is 0.435 e. The third-order valence-corrected chi connectivity index (χ3v) is 4.12. The highest BCUT2D eigenvalue weighted by Crippen LogP contribution is 2.15. The number of piperazine rings is 1. The van der Waals surface area contributed by atoms with E-state index >= 15 is 0 Å². The minimum absolute atomic E-state index is 0.0463. The first kappa shape index (κ1) is 18.6. The van der Waals surface area contributed by atoms with Crippen LogP contribution in [0.5, 0.6) is 5.75 Å². The molecule has 0 aliphatic carbocycles. The standard InChI is InChI=1S/C17H25F2N3O2/c1-13(12-22-9-7-21(2)8-10-22)11-20-16(23)14-3-5-15(6-4-14)24-17(18)19/h3-6,13,17H,7-12H2,1-2H3,(H,20,23). The molecule has 1 N–H and O–H groups in total. The molecular weight excluding hydrogens is 316 g/mol. The fourth-order valence-corrected chi connectivity index (χ4v) is 2.69. The first-order valence-electron chi connectivity index (χ1n) is 8.18. The predicted molar refractivity (Wildman–Crippen MR) is 88.5 cm³/mol. The molecule has 1 amide bonds. The van der Waals surface area contributed by atoms with Crippen molar-refractivity contribution in [2.45, 2.75) is 13.5 Å². The van der Waals surface area contributed by atoms with Crippen molar-refractivity contribution in [1.82, 2.24) is 15.1 Å². The summed E-state index contributed by atoms with van der Waals surface area (Å²) in [6, 6.07) is 5.71. The predicted octanol–water partition coefficient (Wildman–Crippen LogP) is 1.90. The minimum Gasteiger partial charge on any atom is -0.435 e. The van der Waals surface area contributed by atoms with Crippen LogP contribution in [0.2, 0.25) is 0 Å². The Bertz CT molecular complexity index is 517. The lowest BCUT2D eigenvalue weighted by Crippen LogP contribution is -2.46. The van der Waals surface area contributed by atoms with Gasteiger partial charge in [-0.3, -0.25) is 4.79 Å². The summed E-state index contributed by atoms with van der Waals surface area (Å²) in [5.74, 6) is 0.188. The SMILES string of the molecule is CC(CNC(=O)c1ccc(OC(F)F)cc1)CN1CCN(C)CC1. The topological polar surface area (TPSA) is 44.8 Å². The Morgan fingerprint density at radius 2 is 1.83 bits per heavy atom. The van der Waals surface area contributed by atoms with E-state index in [1.54, 1.807) is 0 Å². The van der Waals surface area contributed by atoms with E-state index in [0.29, 0.717) is 18.0 Å². The van der Waals surface area contributed by atoms with Crippen LogP contribution in [-0.2, 0) is 0 Å². The van der Waals surface area contributed by atoms with E-state index in [4.69, 9.17) is 0 Å². The Hall–Kier alpha value is -1.73. The molecule has 7 heteroatoms. The number of alkyl halides is 2. The first-order valence-corrected chi connectivity index (χ1v) is 8.18. The summed E-state index contributed by atoms with van der Waals surface area (Å²) in [6.07, 6.45) is 0. The molecule has 0 bridgehead atoms. The van der Waals surface area contributed by atoms with Crippen LogP contribution in [0.4, 0.5) is 8.78 Å². The molecule has 1 aromatic rings. The molecule has 1 fully saturated rings. The number of benzene rings is 1. The molecule has 5 nitrogen and oxygen atoms in total. The molecule has 0 radical (unpaired) electrons. The average molecular weight is 341 g/mol. The van der Waals surface area contributed by atoms with Gasteiger partial charge in [-0.05, 0) is 37.2 Å². The minimum atomic E-state index is -2.86. The van der Waals surface area contributed by atoms with E-state index < -0.39 is 6.61 Å². The highest BCUT2D eigenvalue weighted by atomic mass is 19.3. The number of hydrogen-bond acceptors (Lipinski definition) is 4. The normalized spacial score (nSPS) is 17.7. The van der Waals surface area contributed by atoms with Crippen molar-refractivity contribution in [3.8, 4) is 5.75 Å². The highest BCUT2D eigenvalue weighted by molar-refractivity contribution is 5.94. The highest BCUT2D eigenvalue weighted by Gasteiger charge is 2.16. The Kier molecular flexibility index (Phi) is 6.93. The third-order valence-electron chi connectivity index (χ3n) is 4.12. The molecule has 1 unspecified atom stereocenters. The summed E-state index contributed by atoms with van der Waals surface area (Å²) < 4.78 is 28.5. The van der Waals surface area contributed by atoms with Crippen LogP contribution < -0.4 is 10.1 Å². The number of amides is 1. The molecule has 1 aromatic carbocycles. The second kappa shape index (κ2) is 8.94. The van der Waals surface area contributed by atoms with Gasteiger partial charge < -0.3 is 19.9 Å². The molecule has 1 heterocycles. The van der Waals surface area contributed by atoms with Crippen LogP contribution in [-0.4, -0.2) is 68.6 Å². The molecule has 1 aliphatic heterocycles. The Labute approximate surface area is 141 Å². The van der Waals surface area contributed by atoms with Gasteiger partial charge in [0.25, 0.3) is 5.91 Å². The van der Waals surface area contributed by atoms with Crippen molar-refractivity contribution >= 4 is 5.91 Å². The lowest BCUT2D eigenvalue weighted by molar-refractivity contribution is -0.0498. The number of carbonyl (C=O) groups is 1. The van der Waals surface area contributed by atoms with Crippen molar-refractivity contribution in [2.75, 3.05) is 46.3 Å². The molecule has 134 valence electrons. The number of ether oxygens (including phenoxy) is 1. The van der Waals surface area contributed by atoms with E-state index in [2.05, 4.69) is 33.8 Å². The van der Waals surface area contributed by atoms with Gasteiger partial charge >= 0.3 is 6.61 Å². The zero-order valence-electron chi connectivity index (χ0n) is 14.2. The number of halogens is 2. The van der Waals surface area contributed by atoms with Crippen molar-refractivity contribution in [3.05, 3.63) is 29.8 Å². The van der Waals surface area contributed by atoms with Gasteiger partial charge in [0.05, 0.1) is 0 Å². The summed E-state index contributed by atoms with van der Waals surface area (Å²) in [7, 11) is 2.12. The summed E-state index contributed by atoms with van der Waals surface area (Å²) in [5, 5.41) is 2.89. The second-order valence-electron chi connectivity index (χ2n) is 6.32. The molecule has 0 aromatic heterocycles. The molecule has 1 atom stereocenters. The zero-order valence-corrected chi connectivity index (χ0v) is 14.2. The lowest BCUT2D eigenvalue weighted by Gasteiger charge is -2.33. The summed E-state index contributed by atoms with van der Waals surface area (Å²) >= 11 is 0. The number of hydrogen-bond donors (Lipinski definition) is 1. The number of nitrogens with zero attached hydrogens (tertiary/aromatic N) is 2. The Morgan fingerprint density at radius 3 is 2.42 bits per heavy atom. The van der Waals surface area contributed by atoms with Gasteiger partial charge in [-0.2, -0.15) is 8.78 Å². The number of rotatable bonds is 7. The van der Waals surface area contributed by atoms with Gasteiger partial charge in [0.2, 0.25) is 0 Å². The smallest absolute Gasteiger partial charge is 0.387 e. The average Bonchev–Trinajstić information content (AvgIpc) is 2.55. The van der Waals surface area contributed by atoms with Crippen LogP contribution in [0.1, 0.15) is 17.3 Å². The van der Waals surface area contributed by atoms with Crippen molar-refractivity contribution < 1.29 is 18.3 Å². The Morgan fingerprint density at radius 1 is 1.21 bits per heavy atom. The maximum Gasteiger partial charge on any atom is 0.387 e. The van der Waals surface area contributed by atoms with Crippen LogP contribution in [0.3, 0.4) is 0 Å². The number of nitrogens with one attached hydrogen (secondary N) is 1. The van der Waals surface area contributed by atoms with Gasteiger partial charge in [-0.1, -0.05) is 6.92 Å². The van der Waals surface area contributed by atoms with E-state index in [1.807, 2.05) is 0 Å². The van der Waals surface area contributed by atoms with Crippen LogP contribution in [0.25, 0.3) is 0 Å². The van der Waals surface area contributed by atoms with Crippen LogP contribution in [0.15, 0.2) is 24.3 Å². The maximum atomic E-state index is 12.1. The summed E-state index contributed by atoms with van der Waals surface area (Å²) in [5.41, 5.74) is 0.434. The second-order valence-corrected chi connectivity index (χ2v) is 6.32. The van der Waals surface area contributed by atoms with Gasteiger partial charge in [0.1, 0.15) is 5.75 Å². The van der Waals surface area contributed by atoms with E-state index in [-0.39, 0.29) is 11.7 Å². The number of likely N-dealkylation sites (N-methyl/N-ethyl adjacent to an activating group) is 1. The maximum absolute atomic E-state index is 12.1. The van der Waals surface area contributed by atoms with E-state index in [0.717, 1.165) is 32.7 Å². The molecule has 24 heavy (non-hydrogen) atoms. The van der Waals surface area contributed by atoms with Crippen LogP contribution >= 0.6 is 0 Å². The van der Waals surface area contributed by atoms with Crippen molar-refractivity contribution in [2.24, 2.45) is 5.92 Å². The van der Waals surface area contributed by atoms with Crippen LogP contribution in [0, 0.1) is 5.92 Å². The van der Waals surface area contributed by atoms with Gasteiger partial charge in [-0.15, -0.1) is 0 Å². The van der Waals surface area contributed by atoms with E-state index in [1.165, 1.54) is 24.3 Å². The molecule has 2 rings (SSSR count). The molecule has 0 spiro atoms. The Balaban J connectivity index is 1.73. The molecule has 1 saturated heterocycles. The van der Waals surface area contributed by atoms with Crippen molar-refractivity contribution in [1.29, 1.82) is 0 Å².